The Labute approximate surface area is 188 Å². The number of benzene rings is 1. The van der Waals surface area contributed by atoms with Gasteiger partial charge in [0.05, 0.1) is 19.1 Å². The molecule has 172 valence electrons. The Morgan fingerprint density at radius 2 is 1.72 bits per heavy atom. The molecule has 2 aromatic rings. The second-order valence-electron chi connectivity index (χ2n) is 8.83. The summed E-state index contributed by atoms with van der Waals surface area (Å²) in [6.45, 7) is 3.53. The number of halogens is 1. The number of ether oxygens (including phenoxy) is 1. The Morgan fingerprint density at radius 3 is 2.44 bits per heavy atom. The number of methoxy groups -OCH3 is 1. The molecule has 1 aliphatic carbocycles. The average Bonchev–Trinajstić information content (AvgIpc) is 3.17. The molecule has 0 radical (unpaired) electrons. The molecule has 2 aliphatic rings. The van der Waals surface area contributed by atoms with E-state index >= 15 is 0 Å². The zero-order chi connectivity index (χ0) is 22.6. The molecule has 32 heavy (non-hydrogen) atoms. The Bertz CT molecular complexity index is 934. The minimum atomic E-state index is -0.544. The van der Waals surface area contributed by atoms with Gasteiger partial charge in [0.15, 0.2) is 0 Å². The molecule has 7 heteroatoms. The molecule has 0 bridgehead atoms. The van der Waals surface area contributed by atoms with Crippen LogP contribution in [0.15, 0.2) is 40.8 Å². The highest BCUT2D eigenvalue weighted by Gasteiger charge is 2.43. The predicted molar refractivity (Wildman–Crippen MR) is 118 cm³/mol. The number of esters is 1. The first kappa shape index (κ1) is 22.5. The van der Waals surface area contributed by atoms with Crippen molar-refractivity contribution >= 4 is 11.9 Å². The van der Waals surface area contributed by atoms with Crippen molar-refractivity contribution < 1.29 is 23.1 Å². The van der Waals surface area contributed by atoms with Crippen LogP contribution < -0.4 is 0 Å². The van der Waals surface area contributed by atoms with Crippen LogP contribution in [0.3, 0.4) is 0 Å². The second kappa shape index (κ2) is 9.86. The van der Waals surface area contributed by atoms with Gasteiger partial charge in [-0.1, -0.05) is 31.4 Å². The standard InChI is InChI=1S/C25H31FN2O4/c1-31-23(29)22-11-10-21(32-22)18-27-14-5-15-28(17-16-27)24(30)25(12-3-2-4-13-25)19-6-8-20(26)9-7-19/h6-11H,2-5,12-18H2,1H3. The van der Waals surface area contributed by atoms with Crippen molar-refractivity contribution in [3.8, 4) is 0 Å². The summed E-state index contributed by atoms with van der Waals surface area (Å²) in [5.41, 5.74) is 0.396. The molecule has 0 N–H and O–H groups in total. The average molecular weight is 443 g/mol. The molecule has 1 aliphatic heterocycles. The Kier molecular flexibility index (Phi) is 6.94. The maximum atomic E-state index is 13.8. The van der Waals surface area contributed by atoms with Gasteiger partial charge in [0.25, 0.3) is 0 Å². The molecule has 0 atom stereocenters. The zero-order valence-electron chi connectivity index (χ0n) is 18.6. The van der Waals surface area contributed by atoms with Crippen LogP contribution in [0.5, 0.6) is 0 Å². The van der Waals surface area contributed by atoms with E-state index in [1.807, 2.05) is 4.90 Å². The first-order valence-electron chi connectivity index (χ1n) is 11.5. The van der Waals surface area contributed by atoms with E-state index < -0.39 is 11.4 Å². The first-order valence-corrected chi connectivity index (χ1v) is 11.5. The number of hydrogen-bond acceptors (Lipinski definition) is 5. The number of carbonyl (C=O) groups is 2. The number of hydrogen-bond donors (Lipinski definition) is 0. The Balaban J connectivity index is 1.44. The van der Waals surface area contributed by atoms with E-state index in [-0.39, 0.29) is 17.5 Å². The fourth-order valence-electron chi connectivity index (χ4n) is 5.08. The lowest BCUT2D eigenvalue weighted by atomic mass is 9.68. The molecule has 0 spiro atoms. The second-order valence-corrected chi connectivity index (χ2v) is 8.83. The third-order valence-electron chi connectivity index (χ3n) is 6.82. The Hall–Kier alpha value is -2.67. The number of rotatable bonds is 5. The molecule has 1 saturated heterocycles. The quantitative estimate of drug-likeness (QED) is 0.652. The monoisotopic (exact) mass is 442 g/mol. The van der Waals surface area contributed by atoms with Crippen LogP contribution in [0.2, 0.25) is 0 Å². The molecule has 6 nitrogen and oxygen atoms in total. The summed E-state index contributed by atoms with van der Waals surface area (Å²) in [6, 6.07) is 9.94. The minimum absolute atomic E-state index is 0.177. The summed E-state index contributed by atoms with van der Waals surface area (Å²) in [7, 11) is 1.33. The van der Waals surface area contributed by atoms with Crippen LogP contribution >= 0.6 is 0 Å². The van der Waals surface area contributed by atoms with Crippen LogP contribution in [0.4, 0.5) is 4.39 Å². The largest absolute Gasteiger partial charge is 0.463 e. The van der Waals surface area contributed by atoms with Gasteiger partial charge in [0, 0.05) is 26.2 Å². The molecule has 1 saturated carbocycles. The van der Waals surface area contributed by atoms with Gasteiger partial charge >= 0.3 is 5.97 Å². The van der Waals surface area contributed by atoms with E-state index in [2.05, 4.69) is 4.90 Å². The summed E-state index contributed by atoms with van der Waals surface area (Å²) in [5, 5.41) is 0. The number of furan rings is 1. The van der Waals surface area contributed by atoms with Crippen molar-refractivity contribution in [2.45, 2.75) is 50.5 Å². The molecule has 1 aromatic carbocycles. The number of carbonyl (C=O) groups excluding carboxylic acids is 2. The number of nitrogens with zero attached hydrogens (tertiary/aromatic N) is 2. The molecule has 1 amide bonds. The van der Waals surface area contributed by atoms with Gasteiger partial charge in [-0.05, 0) is 49.1 Å². The topological polar surface area (TPSA) is 63.0 Å². The SMILES string of the molecule is COC(=O)c1ccc(CN2CCCN(C(=O)C3(c4ccc(F)cc4)CCCCC3)CC2)o1. The molecule has 4 rings (SSSR count). The van der Waals surface area contributed by atoms with Gasteiger partial charge in [0.2, 0.25) is 11.7 Å². The summed E-state index contributed by atoms with van der Waals surface area (Å²) < 4.78 is 23.8. The summed E-state index contributed by atoms with van der Waals surface area (Å²) in [4.78, 5) is 29.7. The number of amides is 1. The van der Waals surface area contributed by atoms with Crippen molar-refractivity contribution in [1.29, 1.82) is 0 Å². The maximum absolute atomic E-state index is 13.8. The highest BCUT2D eigenvalue weighted by Crippen LogP contribution is 2.41. The van der Waals surface area contributed by atoms with Gasteiger partial charge in [-0.15, -0.1) is 0 Å². The van der Waals surface area contributed by atoms with Crippen LogP contribution in [0, 0.1) is 5.82 Å². The van der Waals surface area contributed by atoms with Crippen LogP contribution in [0.25, 0.3) is 0 Å². The lowest BCUT2D eigenvalue weighted by Gasteiger charge is -2.40. The fourth-order valence-corrected chi connectivity index (χ4v) is 5.08. The summed E-state index contributed by atoms with van der Waals surface area (Å²) >= 11 is 0. The first-order chi connectivity index (χ1) is 15.5. The smallest absolute Gasteiger partial charge is 0.373 e. The summed E-state index contributed by atoms with van der Waals surface area (Å²) in [5.74, 6) is 0.331. The third-order valence-corrected chi connectivity index (χ3v) is 6.82. The fraction of sp³-hybridized carbons (Fsp3) is 0.520. The van der Waals surface area contributed by atoms with Gasteiger partial charge in [-0.3, -0.25) is 9.69 Å². The minimum Gasteiger partial charge on any atom is -0.463 e. The highest BCUT2D eigenvalue weighted by atomic mass is 19.1. The van der Waals surface area contributed by atoms with Gasteiger partial charge in [-0.2, -0.15) is 0 Å². The molecule has 2 fully saturated rings. The van der Waals surface area contributed by atoms with E-state index in [0.29, 0.717) is 25.4 Å². The van der Waals surface area contributed by atoms with Gasteiger partial charge < -0.3 is 14.1 Å². The van der Waals surface area contributed by atoms with Crippen molar-refractivity contribution in [3.63, 3.8) is 0 Å². The predicted octanol–water partition coefficient (Wildman–Crippen LogP) is 4.14. The van der Waals surface area contributed by atoms with Crippen molar-refractivity contribution in [1.82, 2.24) is 9.80 Å². The third kappa shape index (κ3) is 4.72. The van der Waals surface area contributed by atoms with Crippen molar-refractivity contribution in [2.75, 3.05) is 33.3 Å². The van der Waals surface area contributed by atoms with E-state index in [1.165, 1.54) is 19.2 Å². The summed E-state index contributed by atoms with van der Waals surface area (Å²) in [6.07, 6.45) is 5.69. The van der Waals surface area contributed by atoms with E-state index in [0.717, 1.165) is 57.2 Å². The van der Waals surface area contributed by atoms with E-state index in [9.17, 15) is 14.0 Å². The Morgan fingerprint density at radius 1 is 0.969 bits per heavy atom. The highest BCUT2D eigenvalue weighted by molar-refractivity contribution is 5.88. The van der Waals surface area contributed by atoms with Gasteiger partial charge in [-0.25, -0.2) is 9.18 Å². The van der Waals surface area contributed by atoms with E-state index in [4.69, 9.17) is 9.15 Å². The molecular weight excluding hydrogens is 411 g/mol. The van der Waals surface area contributed by atoms with Crippen LogP contribution in [-0.4, -0.2) is 55.0 Å². The molecular formula is C25H31FN2O4. The molecule has 1 aromatic heterocycles. The van der Waals surface area contributed by atoms with Crippen LogP contribution in [-0.2, 0) is 21.5 Å². The lowest BCUT2D eigenvalue weighted by Crippen LogP contribution is -2.49. The lowest BCUT2D eigenvalue weighted by molar-refractivity contribution is -0.138. The van der Waals surface area contributed by atoms with Crippen molar-refractivity contribution in [2.24, 2.45) is 0 Å². The zero-order valence-corrected chi connectivity index (χ0v) is 18.6. The van der Waals surface area contributed by atoms with Crippen molar-refractivity contribution in [3.05, 3.63) is 59.3 Å². The van der Waals surface area contributed by atoms with E-state index in [1.54, 1.807) is 24.3 Å². The normalized spacial score (nSPS) is 19.4. The molecule has 2 heterocycles. The van der Waals surface area contributed by atoms with Gasteiger partial charge in [0.1, 0.15) is 11.6 Å². The molecule has 0 unspecified atom stereocenters. The van der Waals surface area contributed by atoms with Crippen LogP contribution in [0.1, 0.15) is 60.4 Å². The maximum Gasteiger partial charge on any atom is 0.373 e.